The molecule has 5 heterocycles. The molecule has 3 fully saturated rings. The molecule has 61 heavy (non-hydrogen) atoms. The second-order valence-electron chi connectivity index (χ2n) is 16.9. The van der Waals surface area contributed by atoms with Crippen LogP contribution in [0.3, 0.4) is 0 Å². The smallest absolute Gasteiger partial charge is 0.329 e. The number of carbonyl (C=O) groups is 2. The van der Waals surface area contributed by atoms with Gasteiger partial charge in [0.1, 0.15) is 11.7 Å². The minimum Gasteiger partial charge on any atom is -0.379 e. The summed E-state index contributed by atoms with van der Waals surface area (Å²) in [4.78, 5) is 54.9. The quantitative estimate of drug-likeness (QED) is 0.0673. The molecule has 0 bridgehead atoms. The minimum absolute atomic E-state index is 0.221. The predicted molar refractivity (Wildman–Crippen MR) is 235 cm³/mol. The van der Waals surface area contributed by atoms with Crippen molar-refractivity contribution in [2.75, 3.05) is 104 Å². The Kier molecular flexibility index (Phi) is 16.7. The van der Waals surface area contributed by atoms with Gasteiger partial charge in [0.25, 0.3) is 0 Å². The molecule has 2 aliphatic heterocycles. The predicted octanol–water partition coefficient (Wildman–Crippen LogP) is 4.39. The number of fused-ring (bicyclic) bond motifs is 2. The number of hydrogen-bond donors (Lipinski definition) is 3. The van der Waals surface area contributed by atoms with E-state index in [9.17, 15) is 14.4 Å². The Balaban J connectivity index is 0.657. The van der Waals surface area contributed by atoms with Gasteiger partial charge in [-0.3, -0.25) is 28.9 Å². The monoisotopic (exact) mass is 846 g/mol. The number of nitrogens with zero attached hydrogens (tertiary/aromatic N) is 6. The highest BCUT2D eigenvalue weighted by atomic mass is 16.6. The molecule has 334 valence electrons. The fourth-order valence-electron chi connectivity index (χ4n) is 9.07. The number of amides is 2. The third kappa shape index (κ3) is 12.3. The van der Waals surface area contributed by atoms with Crippen molar-refractivity contribution < 1.29 is 28.5 Å². The van der Waals surface area contributed by atoms with Gasteiger partial charge in [0, 0.05) is 83.7 Å². The normalized spacial score (nSPS) is 20.5. The molecule has 1 saturated carbocycles. The van der Waals surface area contributed by atoms with Crippen LogP contribution in [0.2, 0.25) is 0 Å². The molecule has 16 nitrogen and oxygen atoms in total. The molecule has 1 atom stereocenters. The number of aromatic nitrogens is 5. The van der Waals surface area contributed by atoms with Crippen LogP contribution in [0.15, 0.2) is 35.4 Å². The lowest BCUT2D eigenvalue weighted by atomic mass is 9.78. The molecule has 0 unspecified atom stereocenters. The molecule has 0 radical (unpaired) electrons. The Morgan fingerprint density at radius 1 is 0.820 bits per heavy atom. The van der Waals surface area contributed by atoms with Gasteiger partial charge >= 0.3 is 5.69 Å². The Morgan fingerprint density at radius 2 is 1.52 bits per heavy atom. The Labute approximate surface area is 359 Å². The van der Waals surface area contributed by atoms with Gasteiger partial charge in [0.2, 0.25) is 17.8 Å². The van der Waals surface area contributed by atoms with Crippen LogP contribution in [0.25, 0.3) is 22.1 Å². The maximum absolute atomic E-state index is 13.0. The van der Waals surface area contributed by atoms with Crippen LogP contribution in [-0.2, 0) is 42.0 Å². The van der Waals surface area contributed by atoms with Crippen LogP contribution in [-0.4, -0.2) is 144 Å². The second-order valence-corrected chi connectivity index (χ2v) is 16.9. The first-order chi connectivity index (χ1) is 29.9. The van der Waals surface area contributed by atoms with E-state index in [2.05, 4.69) is 43.5 Å². The summed E-state index contributed by atoms with van der Waals surface area (Å²) in [6.07, 6.45) is 13.7. The van der Waals surface area contributed by atoms with E-state index in [1.165, 1.54) is 47.7 Å². The first-order valence-electron chi connectivity index (χ1n) is 22.7. The van der Waals surface area contributed by atoms with Crippen molar-refractivity contribution in [1.82, 2.24) is 39.2 Å². The van der Waals surface area contributed by atoms with Crippen molar-refractivity contribution in [2.24, 2.45) is 13.0 Å². The zero-order valence-corrected chi connectivity index (χ0v) is 36.3. The molecule has 16 heteroatoms. The van der Waals surface area contributed by atoms with Crippen molar-refractivity contribution >= 4 is 39.8 Å². The van der Waals surface area contributed by atoms with Crippen molar-refractivity contribution in [1.29, 1.82) is 0 Å². The SMILES string of the molecule is CCCCNc1ncc2c(C3CCC(CN4CCN(CCOCCOCCOCCOCCCc5ccc6c(c5)n(C)c(=O)n6[C@H]5CCC(=O)NC5=O)CC4)CC3)c[nH]c2n1. The third-order valence-corrected chi connectivity index (χ3v) is 12.6. The highest BCUT2D eigenvalue weighted by Gasteiger charge is 2.31. The average Bonchev–Trinajstić information content (AvgIpc) is 3.80. The molecule has 4 aromatic rings. The van der Waals surface area contributed by atoms with Crippen LogP contribution in [0.5, 0.6) is 0 Å². The molecular weight excluding hydrogens is 779 g/mol. The van der Waals surface area contributed by atoms with Crippen LogP contribution in [0.4, 0.5) is 5.95 Å². The fraction of sp³-hybridized carbons (Fsp3) is 0.667. The third-order valence-electron chi connectivity index (χ3n) is 12.6. The Hall–Kier alpha value is -4.19. The summed E-state index contributed by atoms with van der Waals surface area (Å²) in [6.45, 7) is 14.3. The molecule has 0 spiro atoms. The van der Waals surface area contributed by atoms with Crippen LogP contribution >= 0.6 is 0 Å². The van der Waals surface area contributed by atoms with E-state index in [0.29, 0.717) is 70.1 Å². The number of imidazole rings is 1. The van der Waals surface area contributed by atoms with Crippen LogP contribution in [0.1, 0.15) is 87.8 Å². The fourth-order valence-corrected chi connectivity index (χ4v) is 9.07. The molecule has 7 rings (SSSR count). The number of imide groups is 1. The maximum atomic E-state index is 13.0. The summed E-state index contributed by atoms with van der Waals surface area (Å²) < 4.78 is 26.0. The number of nitrogens with one attached hydrogen (secondary N) is 3. The zero-order chi connectivity index (χ0) is 42.4. The molecule has 1 aliphatic carbocycles. The van der Waals surface area contributed by atoms with E-state index in [4.69, 9.17) is 23.9 Å². The lowest BCUT2D eigenvalue weighted by molar-refractivity contribution is -0.135. The molecule has 1 aromatic carbocycles. The van der Waals surface area contributed by atoms with Crippen molar-refractivity contribution in [3.05, 3.63) is 52.2 Å². The number of rotatable bonds is 24. The van der Waals surface area contributed by atoms with Gasteiger partial charge in [-0.25, -0.2) is 9.78 Å². The van der Waals surface area contributed by atoms with Crippen molar-refractivity contribution in [3.63, 3.8) is 0 Å². The highest BCUT2D eigenvalue weighted by molar-refractivity contribution is 6.00. The maximum Gasteiger partial charge on any atom is 0.329 e. The zero-order valence-electron chi connectivity index (χ0n) is 36.3. The summed E-state index contributed by atoms with van der Waals surface area (Å²) in [7, 11) is 1.71. The van der Waals surface area contributed by atoms with Gasteiger partial charge in [-0.1, -0.05) is 19.4 Å². The molecular formula is C45H67N9O7. The van der Waals surface area contributed by atoms with E-state index in [1.54, 1.807) is 11.6 Å². The first-order valence-corrected chi connectivity index (χ1v) is 22.7. The first kappa shape index (κ1) is 44.9. The number of hydrogen-bond acceptors (Lipinski definition) is 12. The Morgan fingerprint density at radius 3 is 2.25 bits per heavy atom. The lowest BCUT2D eigenvalue weighted by Gasteiger charge is -2.38. The summed E-state index contributed by atoms with van der Waals surface area (Å²) in [5, 5.41) is 6.87. The van der Waals surface area contributed by atoms with E-state index < -0.39 is 11.9 Å². The molecule has 2 saturated heterocycles. The molecule has 3 aromatic heterocycles. The number of ether oxygens (including phenoxy) is 4. The van der Waals surface area contributed by atoms with E-state index in [-0.39, 0.29) is 18.0 Å². The standard InChI is InChI=1S/C45H67N9O7/c1-3-4-15-46-44-48-31-37-36(30-47-42(37)50-44)35-10-7-34(8-11-35)32-53-18-16-52(17-19-53)20-22-59-24-26-61-28-27-60-25-23-58-21-5-6-33-9-12-38-40(29-33)51(2)45(57)54(38)39-13-14-41(55)49-43(39)56/h9,12,29-31,34-35,39H,3-8,10-11,13-28,32H2,1-2H3,(H,49,55,56)(H2,46,47,48,50)/t34?,35?,39-/m0/s1. The van der Waals surface area contributed by atoms with Crippen molar-refractivity contribution in [2.45, 2.75) is 83.1 Å². The van der Waals surface area contributed by atoms with Gasteiger partial charge in [-0.15, -0.1) is 0 Å². The average molecular weight is 846 g/mol. The van der Waals surface area contributed by atoms with Gasteiger partial charge in [-0.2, -0.15) is 4.98 Å². The summed E-state index contributed by atoms with van der Waals surface area (Å²) in [5.41, 5.74) is 4.63. The topological polar surface area (TPSA) is 170 Å². The number of piperidine rings is 1. The number of aryl methyl sites for hydroxylation is 2. The summed E-state index contributed by atoms with van der Waals surface area (Å²) in [6, 6.07) is 5.18. The largest absolute Gasteiger partial charge is 0.379 e. The number of benzene rings is 1. The number of piperazine rings is 1. The van der Waals surface area contributed by atoms with Gasteiger partial charge < -0.3 is 34.1 Å². The van der Waals surface area contributed by atoms with Crippen LogP contribution in [0, 0.1) is 5.92 Å². The molecule has 3 aliphatic rings. The summed E-state index contributed by atoms with van der Waals surface area (Å²) >= 11 is 0. The number of unbranched alkanes of at least 4 members (excludes halogenated alkanes) is 1. The molecule has 2 amide bonds. The number of aromatic amines is 1. The number of carbonyl (C=O) groups excluding carboxylic acids is 2. The Bertz CT molecular complexity index is 2070. The lowest BCUT2D eigenvalue weighted by Crippen LogP contribution is -2.48. The van der Waals surface area contributed by atoms with E-state index in [1.807, 2.05) is 24.4 Å². The van der Waals surface area contributed by atoms with E-state index in [0.717, 1.165) is 94.2 Å². The van der Waals surface area contributed by atoms with Gasteiger partial charge in [-0.05, 0) is 86.5 Å². The summed E-state index contributed by atoms with van der Waals surface area (Å²) in [5.74, 6) is 1.36. The van der Waals surface area contributed by atoms with Crippen LogP contribution < -0.4 is 16.3 Å². The highest BCUT2D eigenvalue weighted by Crippen LogP contribution is 2.39. The van der Waals surface area contributed by atoms with Gasteiger partial charge in [0.15, 0.2) is 0 Å². The number of anilines is 1. The van der Waals surface area contributed by atoms with Gasteiger partial charge in [0.05, 0.1) is 57.3 Å². The number of H-pyrrole nitrogens is 1. The van der Waals surface area contributed by atoms with E-state index >= 15 is 0 Å². The van der Waals surface area contributed by atoms with Crippen molar-refractivity contribution in [3.8, 4) is 0 Å². The minimum atomic E-state index is -0.681. The second kappa shape index (κ2) is 22.8. The molecule has 3 N–H and O–H groups in total.